The van der Waals surface area contributed by atoms with Crippen molar-refractivity contribution in [3.8, 4) is 22.4 Å². The van der Waals surface area contributed by atoms with Crippen LogP contribution in [0.2, 0.25) is 0 Å². The summed E-state index contributed by atoms with van der Waals surface area (Å²) >= 11 is 0. The summed E-state index contributed by atoms with van der Waals surface area (Å²) in [5.74, 6) is -0.399. The highest BCUT2D eigenvalue weighted by Gasteiger charge is 2.13. The summed E-state index contributed by atoms with van der Waals surface area (Å²) in [7, 11) is 0. The van der Waals surface area contributed by atoms with Crippen molar-refractivity contribution in [1.82, 2.24) is 4.98 Å². The van der Waals surface area contributed by atoms with Crippen molar-refractivity contribution in [2.24, 2.45) is 0 Å². The molecule has 0 aliphatic rings. The molecule has 0 bridgehead atoms. The van der Waals surface area contributed by atoms with Gasteiger partial charge in [-0.15, -0.1) is 0 Å². The molecule has 0 amide bonds. The summed E-state index contributed by atoms with van der Waals surface area (Å²) in [6.45, 7) is 4.17. The van der Waals surface area contributed by atoms with Gasteiger partial charge in [-0.2, -0.15) is 0 Å². The Hall–Kier alpha value is -2.94. The number of pyridine rings is 1. The molecular formula is C21H19NO2. The van der Waals surface area contributed by atoms with E-state index in [1.165, 1.54) is 5.56 Å². The Morgan fingerprint density at radius 1 is 0.917 bits per heavy atom. The number of esters is 1. The molecule has 0 aliphatic carbocycles. The molecule has 0 aliphatic heterocycles. The number of rotatable bonds is 4. The molecule has 2 aromatic carbocycles. The highest BCUT2D eigenvalue weighted by atomic mass is 16.5. The molecule has 0 saturated carbocycles. The maximum absolute atomic E-state index is 12.2. The van der Waals surface area contributed by atoms with E-state index in [-0.39, 0.29) is 0 Å². The summed E-state index contributed by atoms with van der Waals surface area (Å²) in [5.41, 5.74) is 5.25. The Morgan fingerprint density at radius 3 is 2.29 bits per heavy atom. The van der Waals surface area contributed by atoms with Crippen LogP contribution in [-0.2, 0) is 4.74 Å². The van der Waals surface area contributed by atoms with Gasteiger partial charge >= 0.3 is 5.97 Å². The quantitative estimate of drug-likeness (QED) is 0.642. The third kappa shape index (κ3) is 3.51. The zero-order chi connectivity index (χ0) is 16.9. The second-order valence-corrected chi connectivity index (χ2v) is 5.58. The standard InChI is InChI=1S/C21H19NO2/c1-3-24-21(23)20-14-18(16-11-9-15(2)10-12-16)13-19(22-20)17-7-5-4-6-8-17/h4-14H,3H2,1-2H3. The van der Waals surface area contributed by atoms with Gasteiger partial charge in [0.1, 0.15) is 5.69 Å². The van der Waals surface area contributed by atoms with Crippen molar-refractivity contribution in [1.29, 1.82) is 0 Å². The number of carbonyl (C=O) groups excluding carboxylic acids is 1. The first-order valence-electron chi connectivity index (χ1n) is 7.99. The topological polar surface area (TPSA) is 39.2 Å². The van der Waals surface area contributed by atoms with E-state index in [0.29, 0.717) is 12.3 Å². The highest BCUT2D eigenvalue weighted by Crippen LogP contribution is 2.26. The van der Waals surface area contributed by atoms with Gasteiger partial charge in [0.25, 0.3) is 0 Å². The summed E-state index contributed by atoms with van der Waals surface area (Å²) in [6.07, 6.45) is 0. The summed E-state index contributed by atoms with van der Waals surface area (Å²) in [4.78, 5) is 16.7. The minimum absolute atomic E-state index is 0.328. The van der Waals surface area contributed by atoms with E-state index in [9.17, 15) is 4.79 Å². The van der Waals surface area contributed by atoms with Gasteiger partial charge in [-0.25, -0.2) is 9.78 Å². The summed E-state index contributed by atoms with van der Waals surface area (Å²) in [6, 6.07) is 21.8. The molecule has 3 rings (SSSR count). The van der Waals surface area contributed by atoms with Crippen molar-refractivity contribution >= 4 is 5.97 Å². The van der Waals surface area contributed by atoms with Crippen molar-refractivity contribution < 1.29 is 9.53 Å². The molecule has 1 aromatic heterocycles. The lowest BCUT2D eigenvalue weighted by Crippen LogP contribution is -2.08. The number of hydrogen-bond donors (Lipinski definition) is 0. The average Bonchev–Trinajstić information content (AvgIpc) is 2.63. The molecule has 120 valence electrons. The molecular weight excluding hydrogens is 298 g/mol. The van der Waals surface area contributed by atoms with E-state index in [1.54, 1.807) is 13.0 Å². The molecule has 0 N–H and O–H groups in total. The van der Waals surface area contributed by atoms with Gasteiger partial charge in [-0.3, -0.25) is 0 Å². The third-order valence-electron chi connectivity index (χ3n) is 3.76. The summed E-state index contributed by atoms with van der Waals surface area (Å²) < 4.78 is 5.13. The second kappa shape index (κ2) is 7.09. The van der Waals surface area contributed by atoms with Gasteiger partial charge in [-0.05, 0) is 37.1 Å². The fourth-order valence-corrected chi connectivity index (χ4v) is 2.51. The van der Waals surface area contributed by atoms with Crippen LogP contribution in [0.4, 0.5) is 0 Å². The van der Waals surface area contributed by atoms with Crippen LogP contribution in [0.5, 0.6) is 0 Å². The average molecular weight is 317 g/mol. The molecule has 3 aromatic rings. The minimum atomic E-state index is -0.399. The lowest BCUT2D eigenvalue weighted by molar-refractivity contribution is 0.0519. The van der Waals surface area contributed by atoms with Crippen LogP contribution in [-0.4, -0.2) is 17.6 Å². The Morgan fingerprint density at radius 2 is 1.62 bits per heavy atom. The molecule has 0 saturated heterocycles. The van der Waals surface area contributed by atoms with Crippen LogP contribution in [0.1, 0.15) is 23.0 Å². The van der Waals surface area contributed by atoms with E-state index in [2.05, 4.69) is 24.0 Å². The van der Waals surface area contributed by atoms with E-state index in [4.69, 9.17) is 4.74 Å². The smallest absolute Gasteiger partial charge is 0.356 e. The van der Waals surface area contributed by atoms with Gasteiger partial charge in [0.05, 0.1) is 12.3 Å². The monoisotopic (exact) mass is 317 g/mol. The van der Waals surface area contributed by atoms with Crippen molar-refractivity contribution in [2.75, 3.05) is 6.61 Å². The number of aromatic nitrogens is 1. The zero-order valence-corrected chi connectivity index (χ0v) is 13.8. The van der Waals surface area contributed by atoms with Crippen molar-refractivity contribution in [3.63, 3.8) is 0 Å². The maximum atomic E-state index is 12.2. The lowest BCUT2D eigenvalue weighted by atomic mass is 10.0. The molecule has 24 heavy (non-hydrogen) atoms. The summed E-state index contributed by atoms with van der Waals surface area (Å²) in [5, 5.41) is 0. The predicted molar refractivity (Wildman–Crippen MR) is 95.8 cm³/mol. The van der Waals surface area contributed by atoms with E-state index in [0.717, 1.165) is 22.4 Å². The van der Waals surface area contributed by atoms with Crippen LogP contribution in [0.15, 0.2) is 66.7 Å². The first-order valence-corrected chi connectivity index (χ1v) is 7.99. The van der Waals surface area contributed by atoms with Crippen LogP contribution < -0.4 is 0 Å². The normalized spacial score (nSPS) is 10.4. The molecule has 0 unspecified atom stereocenters. The Kier molecular flexibility index (Phi) is 4.71. The highest BCUT2D eigenvalue weighted by molar-refractivity contribution is 5.90. The Balaban J connectivity index is 2.12. The van der Waals surface area contributed by atoms with Gasteiger partial charge in [0.15, 0.2) is 0 Å². The zero-order valence-electron chi connectivity index (χ0n) is 13.8. The number of aryl methyl sites for hydroxylation is 1. The number of hydrogen-bond acceptors (Lipinski definition) is 3. The number of nitrogens with zero attached hydrogens (tertiary/aromatic N) is 1. The minimum Gasteiger partial charge on any atom is -0.461 e. The van der Waals surface area contributed by atoms with Crippen molar-refractivity contribution in [3.05, 3.63) is 78.0 Å². The molecule has 0 fully saturated rings. The van der Waals surface area contributed by atoms with Gasteiger partial charge in [-0.1, -0.05) is 60.2 Å². The van der Waals surface area contributed by atoms with Gasteiger partial charge < -0.3 is 4.74 Å². The fourth-order valence-electron chi connectivity index (χ4n) is 2.51. The first kappa shape index (κ1) is 15.9. The maximum Gasteiger partial charge on any atom is 0.356 e. The number of benzene rings is 2. The fraction of sp³-hybridized carbons (Fsp3) is 0.143. The Bertz CT molecular complexity index is 839. The van der Waals surface area contributed by atoms with E-state index < -0.39 is 5.97 Å². The van der Waals surface area contributed by atoms with Gasteiger partial charge in [0.2, 0.25) is 0 Å². The molecule has 0 atom stereocenters. The van der Waals surface area contributed by atoms with Crippen LogP contribution >= 0.6 is 0 Å². The van der Waals surface area contributed by atoms with E-state index in [1.807, 2.05) is 48.5 Å². The molecule has 1 heterocycles. The van der Waals surface area contributed by atoms with Crippen LogP contribution in [0, 0.1) is 6.92 Å². The largest absolute Gasteiger partial charge is 0.461 e. The first-order chi connectivity index (χ1) is 11.7. The van der Waals surface area contributed by atoms with E-state index >= 15 is 0 Å². The van der Waals surface area contributed by atoms with Crippen LogP contribution in [0.25, 0.3) is 22.4 Å². The third-order valence-corrected chi connectivity index (χ3v) is 3.76. The van der Waals surface area contributed by atoms with Crippen LogP contribution in [0.3, 0.4) is 0 Å². The number of carbonyl (C=O) groups is 1. The van der Waals surface area contributed by atoms with Gasteiger partial charge in [0, 0.05) is 5.56 Å². The van der Waals surface area contributed by atoms with Crippen molar-refractivity contribution in [2.45, 2.75) is 13.8 Å². The second-order valence-electron chi connectivity index (χ2n) is 5.58. The Labute approximate surface area is 142 Å². The number of ether oxygens (including phenoxy) is 1. The predicted octanol–water partition coefficient (Wildman–Crippen LogP) is 4.90. The molecule has 3 heteroatoms. The lowest BCUT2D eigenvalue weighted by Gasteiger charge is -2.09. The molecule has 0 spiro atoms. The molecule has 0 radical (unpaired) electrons. The molecule has 3 nitrogen and oxygen atoms in total. The SMILES string of the molecule is CCOC(=O)c1cc(-c2ccc(C)cc2)cc(-c2ccccc2)n1.